The maximum atomic E-state index is 8.74. The summed E-state index contributed by atoms with van der Waals surface area (Å²) in [7, 11) is -9.33. The van der Waals surface area contributed by atoms with Crippen molar-refractivity contribution < 1.29 is 35.0 Å². The fourth-order valence-corrected chi connectivity index (χ4v) is 0. The summed E-state index contributed by atoms with van der Waals surface area (Å²) in [5.41, 5.74) is 0. The van der Waals surface area contributed by atoms with Crippen LogP contribution in [-0.2, 0) is 20.8 Å². The van der Waals surface area contributed by atoms with Crippen molar-refractivity contribution in [2.24, 2.45) is 0 Å². The zero-order valence-corrected chi connectivity index (χ0v) is 17.0. The molecule has 0 aromatic rings. The Morgan fingerprint density at radius 2 is 0.615 bits per heavy atom. The monoisotopic (exact) mass is 314 g/mol. The SMILES string of the molecule is O=S(=O)(O)O.O=S(=O)(O)O.[Ca].[K].[K]. The van der Waals surface area contributed by atoms with Gasteiger partial charge in [0.25, 0.3) is 0 Å². The van der Waals surface area contributed by atoms with Crippen LogP contribution in [-0.4, -0.2) is 176 Å². The average Bonchev–Trinajstić information content (AvgIpc) is 1.12. The minimum absolute atomic E-state index is 0. The Bertz CT molecular complexity index is 217. The van der Waals surface area contributed by atoms with E-state index in [-0.39, 0.29) is 141 Å². The van der Waals surface area contributed by atoms with Crippen molar-refractivity contribution in [2.75, 3.05) is 0 Å². The van der Waals surface area contributed by atoms with Crippen LogP contribution in [0.4, 0.5) is 0 Å². The van der Waals surface area contributed by atoms with Gasteiger partial charge in [0, 0.05) is 141 Å². The molecule has 0 bridgehead atoms. The molecular formula is H4CaK2O8S2. The topological polar surface area (TPSA) is 149 Å². The minimum Gasteiger partial charge on any atom is -0.264 e. The summed E-state index contributed by atoms with van der Waals surface area (Å²) in [5, 5.41) is 0. The van der Waals surface area contributed by atoms with Crippen molar-refractivity contribution in [1.29, 1.82) is 0 Å². The van der Waals surface area contributed by atoms with Gasteiger partial charge in [-0.1, -0.05) is 0 Å². The third kappa shape index (κ3) is 182. The van der Waals surface area contributed by atoms with Gasteiger partial charge in [0.05, 0.1) is 0 Å². The predicted molar refractivity (Wildman–Crippen MR) is 45.6 cm³/mol. The van der Waals surface area contributed by atoms with Crippen LogP contribution in [0.25, 0.3) is 0 Å². The van der Waals surface area contributed by atoms with E-state index < -0.39 is 20.8 Å². The van der Waals surface area contributed by atoms with Crippen LogP contribution in [0.15, 0.2) is 0 Å². The Hall–Kier alpha value is 4.27. The minimum atomic E-state index is -4.67. The molecule has 0 unspecified atom stereocenters. The van der Waals surface area contributed by atoms with E-state index in [0.29, 0.717) is 0 Å². The van der Waals surface area contributed by atoms with Crippen molar-refractivity contribution >= 4 is 161 Å². The summed E-state index contributed by atoms with van der Waals surface area (Å²) in [6.45, 7) is 0. The molecule has 4 N–H and O–H groups in total. The molecule has 0 aromatic heterocycles. The van der Waals surface area contributed by atoms with Crippen LogP contribution >= 0.6 is 0 Å². The maximum Gasteiger partial charge on any atom is 0.394 e. The number of hydrogen-bond donors (Lipinski definition) is 4. The first-order valence-corrected chi connectivity index (χ1v) is 4.19. The fourth-order valence-electron chi connectivity index (χ4n) is 0. The quantitative estimate of drug-likeness (QED) is 0.284. The second-order valence-corrected chi connectivity index (χ2v) is 2.69. The van der Waals surface area contributed by atoms with Crippen molar-refractivity contribution in [2.45, 2.75) is 0 Å². The van der Waals surface area contributed by atoms with E-state index in [1.54, 1.807) is 0 Å². The molecule has 13 heteroatoms. The van der Waals surface area contributed by atoms with E-state index in [0.717, 1.165) is 0 Å². The summed E-state index contributed by atoms with van der Waals surface area (Å²) >= 11 is 0. The molecule has 4 radical (unpaired) electrons. The Morgan fingerprint density at radius 1 is 0.615 bits per heavy atom. The second-order valence-electron chi connectivity index (χ2n) is 0.896. The molecule has 8 nitrogen and oxygen atoms in total. The third-order valence-corrected chi connectivity index (χ3v) is 0. The number of hydrogen-bond acceptors (Lipinski definition) is 4. The van der Waals surface area contributed by atoms with Crippen molar-refractivity contribution in [1.82, 2.24) is 0 Å². The largest absolute Gasteiger partial charge is 0.394 e. The van der Waals surface area contributed by atoms with Gasteiger partial charge in [0.15, 0.2) is 0 Å². The molecule has 0 rings (SSSR count). The van der Waals surface area contributed by atoms with Crippen LogP contribution < -0.4 is 0 Å². The third-order valence-electron chi connectivity index (χ3n) is 0. The molecule has 0 saturated carbocycles. The summed E-state index contributed by atoms with van der Waals surface area (Å²) in [5.74, 6) is 0. The number of rotatable bonds is 0. The standard InChI is InChI=1S/Ca.2K.2H2O4S/c;;;2*1-5(2,3)4/h;;;2*(H2,1,2,3,4). The van der Waals surface area contributed by atoms with E-state index in [2.05, 4.69) is 0 Å². The fraction of sp³-hybridized carbons (Fsp3) is 0. The first-order valence-electron chi connectivity index (χ1n) is 1.40. The zero-order chi connectivity index (χ0) is 9.00. The van der Waals surface area contributed by atoms with E-state index in [4.69, 9.17) is 35.0 Å². The Morgan fingerprint density at radius 3 is 0.615 bits per heavy atom. The van der Waals surface area contributed by atoms with Gasteiger partial charge in [0.2, 0.25) is 0 Å². The molecule has 0 atom stereocenters. The van der Waals surface area contributed by atoms with E-state index in [1.807, 2.05) is 0 Å². The first kappa shape index (κ1) is 30.4. The van der Waals surface area contributed by atoms with Gasteiger partial charge < -0.3 is 0 Å². The Kier molecular flexibility index (Phi) is 33.5. The second kappa shape index (κ2) is 14.3. The van der Waals surface area contributed by atoms with Gasteiger partial charge in [-0.25, -0.2) is 0 Å². The Balaban J connectivity index is -0.0000000267. The summed E-state index contributed by atoms with van der Waals surface area (Å²) < 4.78 is 63.2. The molecule has 0 spiro atoms. The van der Waals surface area contributed by atoms with Crippen LogP contribution in [0.2, 0.25) is 0 Å². The molecule has 0 aliphatic heterocycles. The zero-order valence-electron chi connectivity index (χ0n) is 6.95. The van der Waals surface area contributed by atoms with Crippen molar-refractivity contribution in [3.05, 3.63) is 0 Å². The van der Waals surface area contributed by atoms with Gasteiger partial charge >= 0.3 is 20.8 Å². The van der Waals surface area contributed by atoms with Gasteiger partial charge in [0.1, 0.15) is 0 Å². The molecule has 13 heavy (non-hydrogen) atoms. The van der Waals surface area contributed by atoms with E-state index in [9.17, 15) is 0 Å². The van der Waals surface area contributed by atoms with Gasteiger partial charge in [-0.2, -0.15) is 16.8 Å². The predicted octanol–water partition coefficient (Wildman–Crippen LogP) is -2.45. The Labute approximate surface area is 191 Å². The summed E-state index contributed by atoms with van der Waals surface area (Å²) in [4.78, 5) is 0. The van der Waals surface area contributed by atoms with E-state index in [1.165, 1.54) is 0 Å². The van der Waals surface area contributed by atoms with Crippen LogP contribution in [0.5, 0.6) is 0 Å². The molecule has 0 aliphatic carbocycles. The van der Waals surface area contributed by atoms with Crippen molar-refractivity contribution in [3.63, 3.8) is 0 Å². The molecule has 0 aromatic carbocycles. The van der Waals surface area contributed by atoms with Gasteiger partial charge in [-0.05, 0) is 0 Å². The summed E-state index contributed by atoms with van der Waals surface area (Å²) in [6.07, 6.45) is 0. The normalized spacial score (nSPS) is 8.92. The molecule has 68 valence electrons. The smallest absolute Gasteiger partial charge is 0.264 e. The molecular weight excluding hydrogens is 310 g/mol. The average molecular weight is 314 g/mol. The molecule has 0 aliphatic rings. The van der Waals surface area contributed by atoms with E-state index >= 15 is 0 Å². The molecule has 0 heterocycles. The summed E-state index contributed by atoms with van der Waals surface area (Å²) in [6, 6.07) is 0. The maximum absolute atomic E-state index is 8.74. The van der Waals surface area contributed by atoms with Crippen LogP contribution in [0.1, 0.15) is 0 Å². The first-order chi connectivity index (χ1) is 4.00. The van der Waals surface area contributed by atoms with Crippen LogP contribution in [0.3, 0.4) is 0 Å². The van der Waals surface area contributed by atoms with Crippen molar-refractivity contribution in [3.8, 4) is 0 Å². The molecule has 0 saturated heterocycles. The molecule has 0 fully saturated rings. The van der Waals surface area contributed by atoms with Gasteiger partial charge in [-0.3, -0.25) is 18.2 Å². The van der Waals surface area contributed by atoms with Crippen LogP contribution in [0, 0.1) is 0 Å². The van der Waals surface area contributed by atoms with Gasteiger partial charge in [-0.15, -0.1) is 0 Å². The molecule has 0 amide bonds.